The molecule has 166 valence electrons. The first kappa shape index (κ1) is 23.0. The number of carbonyl (C=O) groups excluding carboxylic acids is 2. The number of nitro benzene ring substituents is 1. The fourth-order valence-electron chi connectivity index (χ4n) is 3.56. The number of sulfonamides is 1. The normalized spacial score (nSPS) is 15.1. The van der Waals surface area contributed by atoms with Gasteiger partial charge in [-0.05, 0) is 26.0 Å². The monoisotopic (exact) mass is 465 g/mol. The van der Waals surface area contributed by atoms with Crippen LogP contribution in [0.25, 0.3) is 0 Å². The van der Waals surface area contributed by atoms with Gasteiger partial charge in [-0.15, -0.1) is 11.3 Å². The molecule has 0 unspecified atom stereocenters. The number of rotatable bonds is 7. The summed E-state index contributed by atoms with van der Waals surface area (Å²) in [4.78, 5) is 38.5. The van der Waals surface area contributed by atoms with Crippen LogP contribution in [0.15, 0.2) is 35.2 Å². The summed E-state index contributed by atoms with van der Waals surface area (Å²) in [6, 6.07) is 7.05. The molecule has 0 spiro atoms. The predicted molar refractivity (Wildman–Crippen MR) is 116 cm³/mol. The molecule has 1 saturated heterocycles. The number of para-hydroxylation sites is 1. The first-order valence-corrected chi connectivity index (χ1v) is 12.0. The van der Waals surface area contributed by atoms with Gasteiger partial charge in [-0.3, -0.25) is 19.7 Å². The molecule has 0 saturated carbocycles. The standard InChI is InChI=1S/C20H23N3O6S2/c1-14-13-16(15(2)30-14)18(24)7-8-20(25)21-9-11-22(12-10-21)31(28,29)19-6-4-3-5-17(19)23(26)27/h3-6,13H,7-12H2,1-2H3. The van der Waals surface area contributed by atoms with Crippen molar-refractivity contribution in [2.75, 3.05) is 26.2 Å². The van der Waals surface area contributed by atoms with Crippen molar-refractivity contribution < 1.29 is 22.9 Å². The molecule has 0 N–H and O–H groups in total. The van der Waals surface area contributed by atoms with Crippen molar-refractivity contribution in [3.05, 3.63) is 55.8 Å². The number of hydrogen-bond acceptors (Lipinski definition) is 7. The van der Waals surface area contributed by atoms with Crippen LogP contribution in [-0.2, 0) is 14.8 Å². The summed E-state index contributed by atoms with van der Waals surface area (Å²) in [5, 5.41) is 11.2. The lowest BCUT2D eigenvalue weighted by Crippen LogP contribution is -2.50. The van der Waals surface area contributed by atoms with Crippen molar-refractivity contribution in [1.82, 2.24) is 9.21 Å². The lowest BCUT2D eigenvalue weighted by molar-refractivity contribution is -0.387. The fourth-order valence-corrected chi connectivity index (χ4v) is 6.09. The number of piperazine rings is 1. The van der Waals surface area contributed by atoms with E-state index in [4.69, 9.17) is 0 Å². The second kappa shape index (κ2) is 9.25. The minimum absolute atomic E-state index is 0.0386. The Kier molecular flexibility index (Phi) is 6.87. The van der Waals surface area contributed by atoms with Gasteiger partial charge in [0.2, 0.25) is 15.9 Å². The van der Waals surface area contributed by atoms with Gasteiger partial charge in [-0.25, -0.2) is 8.42 Å². The van der Waals surface area contributed by atoms with Gasteiger partial charge in [0.15, 0.2) is 10.7 Å². The Balaban J connectivity index is 1.59. The first-order valence-electron chi connectivity index (χ1n) is 9.73. The van der Waals surface area contributed by atoms with Crippen LogP contribution in [0.1, 0.15) is 33.0 Å². The molecule has 1 aliphatic heterocycles. The highest BCUT2D eigenvalue weighted by Gasteiger charge is 2.34. The zero-order valence-corrected chi connectivity index (χ0v) is 18.9. The van der Waals surface area contributed by atoms with E-state index in [0.29, 0.717) is 5.56 Å². The second-order valence-corrected chi connectivity index (χ2v) is 10.6. The van der Waals surface area contributed by atoms with Crippen LogP contribution in [-0.4, -0.2) is 60.4 Å². The van der Waals surface area contributed by atoms with E-state index >= 15 is 0 Å². The first-order chi connectivity index (χ1) is 14.6. The third kappa shape index (κ3) is 5.00. The summed E-state index contributed by atoms with van der Waals surface area (Å²) in [6.07, 6.45) is 0.161. The van der Waals surface area contributed by atoms with E-state index in [-0.39, 0.29) is 55.6 Å². The summed E-state index contributed by atoms with van der Waals surface area (Å²) in [5.74, 6) is -0.284. The Hall–Kier alpha value is -2.63. The Morgan fingerprint density at radius 2 is 1.74 bits per heavy atom. The quantitative estimate of drug-likeness (QED) is 0.352. The summed E-state index contributed by atoms with van der Waals surface area (Å²) >= 11 is 1.54. The van der Waals surface area contributed by atoms with Crippen LogP contribution in [0.3, 0.4) is 0 Å². The number of benzene rings is 1. The second-order valence-electron chi connectivity index (χ2n) is 7.26. The van der Waals surface area contributed by atoms with Crippen LogP contribution in [0.5, 0.6) is 0 Å². The molecule has 1 aliphatic rings. The van der Waals surface area contributed by atoms with E-state index in [1.54, 1.807) is 11.3 Å². The third-order valence-electron chi connectivity index (χ3n) is 5.18. The molecule has 2 heterocycles. The smallest absolute Gasteiger partial charge is 0.289 e. The molecule has 1 fully saturated rings. The maximum Gasteiger partial charge on any atom is 0.289 e. The topological polar surface area (TPSA) is 118 Å². The number of hydrogen-bond donors (Lipinski definition) is 0. The highest BCUT2D eigenvalue weighted by molar-refractivity contribution is 7.89. The van der Waals surface area contributed by atoms with E-state index < -0.39 is 20.6 Å². The molecule has 9 nitrogen and oxygen atoms in total. The molecule has 1 aromatic carbocycles. The van der Waals surface area contributed by atoms with Crippen molar-refractivity contribution >= 4 is 38.7 Å². The number of carbonyl (C=O) groups is 2. The molecular formula is C20H23N3O6S2. The maximum atomic E-state index is 12.9. The van der Waals surface area contributed by atoms with Gasteiger partial charge in [0, 0.05) is 60.4 Å². The summed E-state index contributed by atoms with van der Waals surface area (Å²) < 4.78 is 26.9. The van der Waals surface area contributed by atoms with E-state index in [0.717, 1.165) is 20.1 Å². The molecule has 0 atom stereocenters. The average Bonchev–Trinajstić information content (AvgIpc) is 3.09. The number of ketones is 1. The van der Waals surface area contributed by atoms with E-state index in [1.807, 2.05) is 19.9 Å². The van der Waals surface area contributed by atoms with E-state index in [9.17, 15) is 28.1 Å². The molecule has 3 rings (SSSR count). The number of Topliss-reactive ketones (excluding diaryl/α,β-unsaturated/α-hetero) is 1. The molecule has 1 aromatic heterocycles. The number of nitrogens with zero attached hydrogens (tertiary/aromatic N) is 3. The number of thiophene rings is 1. The summed E-state index contributed by atoms with van der Waals surface area (Å²) in [7, 11) is -4.05. The van der Waals surface area contributed by atoms with Gasteiger partial charge in [0.05, 0.1) is 4.92 Å². The molecule has 0 aliphatic carbocycles. The van der Waals surface area contributed by atoms with Gasteiger partial charge in [0.25, 0.3) is 5.69 Å². The zero-order valence-electron chi connectivity index (χ0n) is 17.2. The summed E-state index contributed by atoms with van der Waals surface area (Å²) in [6.45, 7) is 4.22. The van der Waals surface area contributed by atoms with Crippen molar-refractivity contribution in [2.24, 2.45) is 0 Å². The molecule has 0 radical (unpaired) electrons. The van der Waals surface area contributed by atoms with Gasteiger partial charge in [0.1, 0.15) is 0 Å². The Bertz CT molecular complexity index is 1120. The highest BCUT2D eigenvalue weighted by Crippen LogP contribution is 2.27. The van der Waals surface area contributed by atoms with Gasteiger partial charge in [-0.2, -0.15) is 4.31 Å². The highest BCUT2D eigenvalue weighted by atomic mass is 32.2. The van der Waals surface area contributed by atoms with E-state index in [1.165, 1.54) is 23.1 Å². The average molecular weight is 466 g/mol. The van der Waals surface area contributed by atoms with Crippen molar-refractivity contribution in [3.8, 4) is 0 Å². The number of nitro groups is 1. The lowest BCUT2D eigenvalue weighted by Gasteiger charge is -2.34. The van der Waals surface area contributed by atoms with Crippen molar-refractivity contribution in [1.29, 1.82) is 0 Å². The van der Waals surface area contributed by atoms with Gasteiger partial charge >= 0.3 is 0 Å². The third-order valence-corrected chi connectivity index (χ3v) is 8.09. The van der Waals surface area contributed by atoms with Crippen LogP contribution in [0.4, 0.5) is 5.69 Å². The van der Waals surface area contributed by atoms with Crippen LogP contribution < -0.4 is 0 Å². The molecule has 1 amide bonds. The lowest BCUT2D eigenvalue weighted by atomic mass is 10.1. The fraction of sp³-hybridized carbons (Fsp3) is 0.400. The predicted octanol–water partition coefficient (Wildman–Crippen LogP) is 2.77. The van der Waals surface area contributed by atoms with Gasteiger partial charge < -0.3 is 4.90 Å². The largest absolute Gasteiger partial charge is 0.340 e. The van der Waals surface area contributed by atoms with Crippen LogP contribution in [0.2, 0.25) is 0 Å². The van der Waals surface area contributed by atoms with Crippen LogP contribution >= 0.6 is 11.3 Å². The minimum Gasteiger partial charge on any atom is -0.340 e. The zero-order chi connectivity index (χ0) is 22.8. The molecule has 0 bridgehead atoms. The SMILES string of the molecule is Cc1cc(C(=O)CCC(=O)N2CCN(S(=O)(=O)c3ccccc3[N+](=O)[O-])CC2)c(C)s1. The van der Waals surface area contributed by atoms with Crippen molar-refractivity contribution in [2.45, 2.75) is 31.6 Å². The molecule has 31 heavy (non-hydrogen) atoms. The van der Waals surface area contributed by atoms with E-state index in [2.05, 4.69) is 0 Å². The molecular weight excluding hydrogens is 442 g/mol. The molecule has 2 aromatic rings. The maximum absolute atomic E-state index is 12.9. The summed E-state index contributed by atoms with van der Waals surface area (Å²) in [5.41, 5.74) is 0.175. The Morgan fingerprint density at radius 1 is 1.10 bits per heavy atom. The number of amides is 1. The Morgan fingerprint density at radius 3 is 2.32 bits per heavy atom. The van der Waals surface area contributed by atoms with Crippen LogP contribution in [0, 0.1) is 24.0 Å². The minimum atomic E-state index is -4.05. The number of aryl methyl sites for hydroxylation is 2. The Labute approximate surface area is 184 Å². The molecule has 11 heteroatoms. The van der Waals surface area contributed by atoms with Gasteiger partial charge in [-0.1, -0.05) is 12.1 Å². The van der Waals surface area contributed by atoms with Crippen molar-refractivity contribution in [3.63, 3.8) is 0 Å².